The molecule has 0 aliphatic heterocycles. The molecular formula is C28H38O6. The van der Waals surface area contributed by atoms with E-state index in [9.17, 15) is 25.2 Å². The van der Waals surface area contributed by atoms with Crippen LogP contribution in [0.5, 0.6) is 28.7 Å². The molecule has 0 saturated heterocycles. The summed E-state index contributed by atoms with van der Waals surface area (Å²) in [4.78, 5) is 13.0. The number of aromatic hydroxyl groups is 4. The van der Waals surface area contributed by atoms with Gasteiger partial charge in [-0.15, -0.1) is 0 Å². The highest BCUT2D eigenvalue weighted by molar-refractivity contribution is 5.93. The molecule has 0 unspecified atom stereocenters. The number of phenols is 4. The van der Waals surface area contributed by atoms with Gasteiger partial charge in [0.25, 0.3) is 0 Å². The van der Waals surface area contributed by atoms with Gasteiger partial charge in [0.2, 0.25) is 0 Å². The van der Waals surface area contributed by atoms with Crippen LogP contribution in [0.3, 0.4) is 0 Å². The summed E-state index contributed by atoms with van der Waals surface area (Å²) < 4.78 is 5.82. The van der Waals surface area contributed by atoms with Gasteiger partial charge in [0.1, 0.15) is 11.5 Å². The molecule has 1 fully saturated rings. The molecule has 34 heavy (non-hydrogen) atoms. The quantitative estimate of drug-likeness (QED) is 0.149. The number of carbonyl (C=O) groups is 1. The smallest absolute Gasteiger partial charge is 0.343 e. The zero-order valence-corrected chi connectivity index (χ0v) is 20.7. The van der Waals surface area contributed by atoms with E-state index in [1.54, 1.807) is 6.07 Å². The van der Waals surface area contributed by atoms with Gasteiger partial charge in [-0.3, -0.25) is 0 Å². The van der Waals surface area contributed by atoms with Crippen molar-refractivity contribution in [2.75, 3.05) is 0 Å². The Kier molecular flexibility index (Phi) is 8.34. The number of hydrogen-bond donors (Lipinski definition) is 4. The van der Waals surface area contributed by atoms with Crippen molar-refractivity contribution < 1.29 is 30.0 Å². The fraction of sp³-hybridized carbons (Fsp3) is 0.536. The van der Waals surface area contributed by atoms with Gasteiger partial charge in [0, 0.05) is 5.56 Å². The zero-order chi connectivity index (χ0) is 25.0. The summed E-state index contributed by atoms with van der Waals surface area (Å²) in [6.07, 6.45) is 6.97. The maximum atomic E-state index is 13.0. The van der Waals surface area contributed by atoms with Crippen LogP contribution in [0.4, 0.5) is 0 Å². The SMILES string of the molecule is CCCCCc1cc(O)c([C@@H]2C[C@@H](C)CC[C@H]2C(C)C)c(OC(=O)c2cc(O)c(O)c(O)c2)c1. The van der Waals surface area contributed by atoms with Gasteiger partial charge >= 0.3 is 5.97 Å². The molecular weight excluding hydrogens is 432 g/mol. The van der Waals surface area contributed by atoms with Crippen molar-refractivity contribution in [2.45, 2.75) is 78.6 Å². The van der Waals surface area contributed by atoms with E-state index >= 15 is 0 Å². The van der Waals surface area contributed by atoms with Gasteiger partial charge < -0.3 is 25.2 Å². The van der Waals surface area contributed by atoms with E-state index < -0.39 is 23.2 Å². The Labute approximate surface area is 202 Å². The Hall–Kier alpha value is -2.89. The molecule has 0 aromatic heterocycles. The molecule has 2 aromatic carbocycles. The maximum Gasteiger partial charge on any atom is 0.343 e. The van der Waals surface area contributed by atoms with Crippen molar-refractivity contribution in [3.8, 4) is 28.7 Å². The number of benzene rings is 2. The molecule has 1 saturated carbocycles. The lowest BCUT2D eigenvalue weighted by Gasteiger charge is -2.38. The van der Waals surface area contributed by atoms with Crippen LogP contribution in [-0.4, -0.2) is 26.4 Å². The molecule has 2 aromatic rings. The van der Waals surface area contributed by atoms with Gasteiger partial charge in [-0.2, -0.15) is 0 Å². The van der Waals surface area contributed by atoms with Gasteiger partial charge in [-0.1, -0.05) is 47.0 Å². The number of rotatable bonds is 8. The van der Waals surface area contributed by atoms with E-state index in [0.29, 0.717) is 29.1 Å². The second-order valence-corrected chi connectivity index (χ2v) is 10.2. The molecule has 6 nitrogen and oxygen atoms in total. The Morgan fingerprint density at radius 2 is 1.68 bits per heavy atom. The molecule has 3 atom stereocenters. The third kappa shape index (κ3) is 5.78. The van der Waals surface area contributed by atoms with Crippen LogP contribution in [0.15, 0.2) is 24.3 Å². The fourth-order valence-electron chi connectivity index (χ4n) is 5.26. The molecule has 186 valence electrons. The second-order valence-electron chi connectivity index (χ2n) is 10.2. The van der Waals surface area contributed by atoms with E-state index in [2.05, 4.69) is 27.7 Å². The van der Waals surface area contributed by atoms with Crippen LogP contribution >= 0.6 is 0 Å². The van der Waals surface area contributed by atoms with Crippen molar-refractivity contribution in [3.63, 3.8) is 0 Å². The summed E-state index contributed by atoms with van der Waals surface area (Å²) in [6, 6.07) is 5.76. The Morgan fingerprint density at radius 1 is 1.00 bits per heavy atom. The van der Waals surface area contributed by atoms with Crippen LogP contribution < -0.4 is 4.74 Å². The maximum absolute atomic E-state index is 13.0. The summed E-state index contributed by atoms with van der Waals surface area (Å²) in [5, 5.41) is 40.4. The predicted molar refractivity (Wildman–Crippen MR) is 132 cm³/mol. The first kappa shape index (κ1) is 25.7. The monoisotopic (exact) mass is 470 g/mol. The van der Waals surface area contributed by atoms with Gasteiger partial charge in [0.05, 0.1) is 5.56 Å². The van der Waals surface area contributed by atoms with Crippen LogP contribution in [-0.2, 0) is 6.42 Å². The lowest BCUT2D eigenvalue weighted by Crippen LogP contribution is -2.27. The van der Waals surface area contributed by atoms with Crippen molar-refractivity contribution in [3.05, 3.63) is 41.0 Å². The molecule has 6 heteroatoms. The van der Waals surface area contributed by atoms with E-state index in [-0.39, 0.29) is 17.2 Å². The Morgan fingerprint density at radius 3 is 2.29 bits per heavy atom. The average Bonchev–Trinajstić information content (AvgIpc) is 2.76. The molecule has 0 radical (unpaired) electrons. The summed E-state index contributed by atoms with van der Waals surface area (Å²) in [6.45, 7) is 8.73. The number of esters is 1. The number of hydrogen-bond acceptors (Lipinski definition) is 6. The van der Waals surface area contributed by atoms with Crippen LogP contribution in [0.25, 0.3) is 0 Å². The minimum Gasteiger partial charge on any atom is -0.508 e. The van der Waals surface area contributed by atoms with E-state index in [1.165, 1.54) is 0 Å². The standard InChI is InChI=1S/C28H38O6/c1-5-6-7-8-18-12-22(29)26(21-11-17(4)9-10-20(21)16(2)3)25(13-18)34-28(33)19-14-23(30)27(32)24(31)15-19/h12-17,20-21,29-32H,5-11H2,1-4H3/t17-,20-,21+/m0/s1. The zero-order valence-electron chi connectivity index (χ0n) is 20.7. The Bertz CT molecular complexity index is 989. The minimum absolute atomic E-state index is 0.0536. The number of aryl methyl sites for hydroxylation is 1. The third-order valence-electron chi connectivity index (χ3n) is 7.15. The third-order valence-corrected chi connectivity index (χ3v) is 7.15. The summed E-state index contributed by atoms with van der Waals surface area (Å²) in [5.74, 6) is -0.885. The largest absolute Gasteiger partial charge is 0.508 e. The highest BCUT2D eigenvalue weighted by Crippen LogP contribution is 2.50. The normalized spacial score (nSPS) is 20.4. The average molecular weight is 471 g/mol. The van der Waals surface area contributed by atoms with Crippen LogP contribution in [0.1, 0.15) is 93.6 Å². The van der Waals surface area contributed by atoms with Gasteiger partial charge in [-0.05, 0) is 79.2 Å². The molecule has 0 heterocycles. The van der Waals surface area contributed by atoms with Gasteiger partial charge in [-0.25, -0.2) is 4.79 Å². The first-order valence-electron chi connectivity index (χ1n) is 12.4. The molecule has 1 aliphatic rings. The van der Waals surface area contributed by atoms with E-state index in [0.717, 1.165) is 62.6 Å². The molecule has 3 rings (SSSR count). The fourth-order valence-corrected chi connectivity index (χ4v) is 5.26. The number of ether oxygens (including phenoxy) is 1. The summed E-state index contributed by atoms with van der Waals surface area (Å²) >= 11 is 0. The minimum atomic E-state index is -0.776. The number of carbonyl (C=O) groups excluding carboxylic acids is 1. The molecule has 0 spiro atoms. The van der Waals surface area contributed by atoms with Crippen LogP contribution in [0.2, 0.25) is 0 Å². The highest BCUT2D eigenvalue weighted by atomic mass is 16.5. The highest BCUT2D eigenvalue weighted by Gasteiger charge is 2.36. The summed E-state index contributed by atoms with van der Waals surface area (Å²) in [7, 11) is 0. The van der Waals surface area contributed by atoms with Gasteiger partial charge in [0.15, 0.2) is 17.2 Å². The van der Waals surface area contributed by atoms with Crippen LogP contribution in [0, 0.1) is 17.8 Å². The molecule has 4 N–H and O–H groups in total. The number of phenolic OH excluding ortho intramolecular Hbond substituents is 4. The lowest BCUT2D eigenvalue weighted by molar-refractivity contribution is 0.0728. The van der Waals surface area contributed by atoms with E-state index in [1.807, 2.05) is 6.07 Å². The molecule has 0 amide bonds. The van der Waals surface area contributed by atoms with Crippen molar-refractivity contribution in [1.29, 1.82) is 0 Å². The topological polar surface area (TPSA) is 107 Å². The Balaban J connectivity index is 2.04. The molecule has 1 aliphatic carbocycles. The second kappa shape index (κ2) is 11.0. The summed E-state index contributed by atoms with van der Waals surface area (Å²) in [5.41, 5.74) is 1.47. The first-order chi connectivity index (χ1) is 16.1. The predicted octanol–water partition coefficient (Wildman–Crippen LogP) is 6.64. The van der Waals surface area contributed by atoms with Crippen molar-refractivity contribution in [1.82, 2.24) is 0 Å². The first-order valence-corrected chi connectivity index (χ1v) is 12.4. The van der Waals surface area contributed by atoms with E-state index in [4.69, 9.17) is 4.74 Å². The molecule has 0 bridgehead atoms. The number of unbranched alkanes of at least 4 members (excludes halogenated alkanes) is 2. The van der Waals surface area contributed by atoms with Crippen molar-refractivity contribution in [2.24, 2.45) is 17.8 Å². The van der Waals surface area contributed by atoms with Crippen molar-refractivity contribution >= 4 is 5.97 Å². The lowest BCUT2D eigenvalue weighted by atomic mass is 9.67.